The Morgan fingerprint density at radius 2 is 1.74 bits per heavy atom. The van der Waals surface area contributed by atoms with Crippen molar-refractivity contribution in [2.75, 3.05) is 22.8 Å². The highest BCUT2D eigenvalue weighted by Crippen LogP contribution is 2.41. The maximum Gasteiger partial charge on any atom is 0.427 e. The van der Waals surface area contributed by atoms with Crippen LogP contribution in [0.15, 0.2) is 41.3 Å². The topological polar surface area (TPSA) is 111 Å². The first-order valence-electron chi connectivity index (χ1n) is 12.6. The van der Waals surface area contributed by atoms with Crippen LogP contribution in [0.3, 0.4) is 0 Å². The molecule has 0 bridgehead atoms. The predicted octanol–water partition coefficient (Wildman–Crippen LogP) is 6.28. The number of ether oxygens (including phenoxy) is 3. The molecule has 0 spiro atoms. The highest BCUT2D eigenvalue weighted by Gasteiger charge is 2.51. The number of carbonyl (C=O) groups is 2. The largest absolute Gasteiger partial charge is 0.486 e. The van der Waals surface area contributed by atoms with Gasteiger partial charge in [0.15, 0.2) is 0 Å². The molecule has 1 N–H and O–H groups in total. The van der Waals surface area contributed by atoms with Gasteiger partial charge in [-0.25, -0.2) is 17.6 Å². The number of alkyl halides is 6. The van der Waals surface area contributed by atoms with Crippen molar-refractivity contribution >= 4 is 33.5 Å². The van der Waals surface area contributed by atoms with Gasteiger partial charge in [-0.05, 0) is 63.6 Å². The highest BCUT2D eigenvalue weighted by molar-refractivity contribution is 7.92. The lowest BCUT2D eigenvalue weighted by Crippen LogP contribution is -2.45. The van der Waals surface area contributed by atoms with E-state index in [4.69, 9.17) is 9.47 Å². The summed E-state index contributed by atoms with van der Waals surface area (Å²) >= 11 is 0. The average molecular weight is 645 g/mol. The van der Waals surface area contributed by atoms with Gasteiger partial charge in [-0.2, -0.15) is 26.3 Å². The van der Waals surface area contributed by atoms with Crippen LogP contribution in [0.25, 0.3) is 0 Å². The Balaban J connectivity index is 2.04. The van der Waals surface area contributed by atoms with Crippen molar-refractivity contribution in [1.82, 2.24) is 0 Å². The van der Waals surface area contributed by atoms with E-state index in [0.29, 0.717) is 30.3 Å². The molecule has 2 atom stereocenters. The van der Waals surface area contributed by atoms with E-state index in [1.165, 1.54) is 6.92 Å². The lowest BCUT2D eigenvalue weighted by atomic mass is 10.0. The molecular formula is C26H27F7N2O7S. The van der Waals surface area contributed by atoms with E-state index in [1.54, 1.807) is 6.92 Å². The summed E-state index contributed by atoms with van der Waals surface area (Å²) in [5.41, 5.74) is -5.28. The molecule has 1 aliphatic rings. The monoisotopic (exact) mass is 644 g/mol. The van der Waals surface area contributed by atoms with E-state index in [2.05, 4.69) is 4.74 Å². The van der Waals surface area contributed by atoms with Crippen molar-refractivity contribution in [1.29, 1.82) is 0 Å². The van der Waals surface area contributed by atoms with Crippen molar-refractivity contribution in [2.45, 2.75) is 63.1 Å². The van der Waals surface area contributed by atoms with Gasteiger partial charge in [0.05, 0.1) is 35.2 Å². The maximum absolute atomic E-state index is 13.9. The summed E-state index contributed by atoms with van der Waals surface area (Å²) in [7, 11) is -4.89. The SMILES string of the molecule is CCOC(=O)C(C)C[C@H]1CN(S(=O)(=O)c2ccc(F)c(C(F)(F)F)c2)c2cc(NC(=O)OC(C)(C)C(F)(F)F)ccc2O1. The molecule has 0 saturated heterocycles. The van der Waals surface area contributed by atoms with Gasteiger partial charge in [-0.3, -0.25) is 14.4 Å². The van der Waals surface area contributed by atoms with Gasteiger partial charge < -0.3 is 14.2 Å². The number of nitrogens with one attached hydrogen (secondary N) is 1. The van der Waals surface area contributed by atoms with Crippen molar-refractivity contribution in [3.05, 3.63) is 47.8 Å². The van der Waals surface area contributed by atoms with Gasteiger partial charge in [0.25, 0.3) is 10.0 Å². The van der Waals surface area contributed by atoms with Gasteiger partial charge in [0.1, 0.15) is 17.7 Å². The quantitative estimate of drug-likeness (QED) is 0.266. The van der Waals surface area contributed by atoms with Gasteiger partial charge in [-0.15, -0.1) is 0 Å². The summed E-state index contributed by atoms with van der Waals surface area (Å²) in [6.45, 7) is 3.81. The van der Waals surface area contributed by atoms with Crippen LogP contribution in [0, 0.1) is 11.7 Å². The van der Waals surface area contributed by atoms with Crippen LogP contribution in [0.2, 0.25) is 0 Å². The smallest absolute Gasteiger partial charge is 0.427 e. The summed E-state index contributed by atoms with van der Waals surface area (Å²) < 4.78 is 137. The summed E-state index contributed by atoms with van der Waals surface area (Å²) in [6, 6.07) is 4.40. The van der Waals surface area contributed by atoms with Crippen LogP contribution < -0.4 is 14.4 Å². The fourth-order valence-corrected chi connectivity index (χ4v) is 5.48. The zero-order valence-corrected chi connectivity index (χ0v) is 23.9. The summed E-state index contributed by atoms with van der Waals surface area (Å²) in [5, 5.41) is 2.04. The molecule has 238 valence electrons. The molecule has 3 rings (SSSR count). The van der Waals surface area contributed by atoms with Crippen LogP contribution in [-0.4, -0.2) is 51.5 Å². The van der Waals surface area contributed by atoms with Gasteiger partial charge in [0, 0.05) is 5.69 Å². The third-order valence-electron chi connectivity index (χ3n) is 6.30. The second-order valence-electron chi connectivity index (χ2n) is 10.0. The Morgan fingerprint density at radius 1 is 1.09 bits per heavy atom. The minimum Gasteiger partial charge on any atom is -0.486 e. The van der Waals surface area contributed by atoms with Crippen molar-refractivity contribution in [3.63, 3.8) is 0 Å². The molecular weight excluding hydrogens is 617 g/mol. The first kappa shape index (κ1) is 33.7. The molecule has 0 saturated carbocycles. The molecule has 0 aromatic heterocycles. The summed E-state index contributed by atoms with van der Waals surface area (Å²) in [6.07, 6.45) is -12.8. The summed E-state index contributed by atoms with van der Waals surface area (Å²) in [5.74, 6) is -3.25. The molecule has 0 fully saturated rings. The van der Waals surface area contributed by atoms with Crippen LogP contribution in [0.1, 0.15) is 39.7 Å². The van der Waals surface area contributed by atoms with Gasteiger partial charge >= 0.3 is 24.4 Å². The number of benzene rings is 2. The number of hydrogen-bond donors (Lipinski definition) is 1. The van der Waals surface area contributed by atoms with Crippen LogP contribution in [0.5, 0.6) is 5.75 Å². The molecule has 0 aliphatic carbocycles. The number of fused-ring (bicyclic) bond motifs is 1. The molecule has 1 heterocycles. The Hall–Kier alpha value is -3.76. The minimum absolute atomic E-state index is 0.0719. The number of nitrogens with zero attached hydrogens (tertiary/aromatic N) is 1. The maximum atomic E-state index is 13.9. The van der Waals surface area contributed by atoms with E-state index in [9.17, 15) is 48.7 Å². The fraction of sp³-hybridized carbons (Fsp3) is 0.462. The van der Waals surface area contributed by atoms with Crippen LogP contribution in [-0.2, 0) is 30.5 Å². The number of anilines is 2. The summed E-state index contributed by atoms with van der Waals surface area (Å²) in [4.78, 5) is 23.4. The molecule has 43 heavy (non-hydrogen) atoms. The van der Waals surface area contributed by atoms with E-state index in [0.717, 1.165) is 18.2 Å². The van der Waals surface area contributed by atoms with Gasteiger partial charge in [0.2, 0.25) is 5.60 Å². The Labute approximate surface area is 241 Å². The number of rotatable bonds is 8. The average Bonchev–Trinajstić information content (AvgIpc) is 2.86. The van der Waals surface area contributed by atoms with E-state index in [-0.39, 0.29) is 36.2 Å². The standard InChI is InChI=1S/C26H27F7N2O7S/c1-5-40-22(36)14(2)10-16-13-35(43(38,39)17-7-8-19(27)18(12-17)25(28,29)30)20-11-15(6-9-21(20)41-16)34-23(37)42-24(3,4)26(31,32)33/h6-9,11-12,14,16H,5,10,13H2,1-4H3,(H,34,37)/t14?,16-/m0/s1. The Bertz CT molecular complexity index is 1480. The second-order valence-corrected chi connectivity index (χ2v) is 11.9. The van der Waals surface area contributed by atoms with E-state index < -0.39 is 74.9 Å². The molecule has 2 aromatic rings. The van der Waals surface area contributed by atoms with Crippen LogP contribution >= 0.6 is 0 Å². The van der Waals surface area contributed by atoms with Crippen molar-refractivity contribution in [3.8, 4) is 5.75 Å². The number of esters is 1. The molecule has 0 radical (unpaired) electrons. The molecule has 9 nitrogen and oxygen atoms in total. The number of hydrogen-bond acceptors (Lipinski definition) is 7. The number of amides is 1. The van der Waals surface area contributed by atoms with Gasteiger partial charge in [-0.1, -0.05) is 6.92 Å². The zero-order chi connectivity index (χ0) is 32.5. The lowest BCUT2D eigenvalue weighted by molar-refractivity contribution is -0.242. The molecule has 1 amide bonds. The number of sulfonamides is 1. The predicted molar refractivity (Wildman–Crippen MR) is 137 cm³/mol. The van der Waals surface area contributed by atoms with E-state index >= 15 is 0 Å². The fourth-order valence-electron chi connectivity index (χ4n) is 3.96. The van der Waals surface area contributed by atoms with Crippen molar-refractivity contribution in [2.24, 2.45) is 5.92 Å². The molecule has 17 heteroatoms. The first-order chi connectivity index (χ1) is 19.7. The normalized spacial score (nSPS) is 16.5. The third-order valence-corrected chi connectivity index (χ3v) is 8.08. The molecule has 1 aliphatic heterocycles. The van der Waals surface area contributed by atoms with Crippen molar-refractivity contribution < 1.29 is 63.0 Å². The van der Waals surface area contributed by atoms with E-state index in [1.807, 2.05) is 5.32 Å². The molecule has 2 aromatic carbocycles. The minimum atomic E-state index is -5.22. The zero-order valence-electron chi connectivity index (χ0n) is 23.1. The second kappa shape index (κ2) is 12.1. The molecule has 1 unspecified atom stereocenters. The highest BCUT2D eigenvalue weighted by atomic mass is 32.2. The number of carbonyl (C=O) groups excluding carboxylic acids is 2. The Kier molecular flexibility index (Phi) is 9.48. The lowest BCUT2D eigenvalue weighted by Gasteiger charge is -2.36. The first-order valence-corrected chi connectivity index (χ1v) is 14.0. The third kappa shape index (κ3) is 7.61. The number of halogens is 7. The Morgan fingerprint density at radius 3 is 2.33 bits per heavy atom. The van der Waals surface area contributed by atoms with Crippen LogP contribution in [0.4, 0.5) is 46.9 Å².